The van der Waals surface area contributed by atoms with Gasteiger partial charge in [-0.1, -0.05) is 28.1 Å². The van der Waals surface area contributed by atoms with Gasteiger partial charge in [-0.25, -0.2) is 4.39 Å². The second kappa shape index (κ2) is 6.67. The summed E-state index contributed by atoms with van der Waals surface area (Å²) in [5.74, 6) is -0.275. The first-order valence-corrected chi connectivity index (χ1v) is 7.20. The lowest BCUT2D eigenvalue weighted by Crippen LogP contribution is -2.18. The predicted octanol–water partition coefficient (Wildman–Crippen LogP) is 4.54. The molecule has 1 N–H and O–H groups in total. The Kier molecular flexibility index (Phi) is 4.90. The standard InChI is InChI=1S/C15H14BrFN2O2/c1-10(8-11-2-5-13(17)6-3-11)18-14-7-4-12(16)9-15(14)19(20)21/h2-7,9-10,18H,8H2,1H3. The number of benzene rings is 2. The minimum Gasteiger partial charge on any atom is -0.377 e. The van der Waals surface area contributed by atoms with Crippen LogP contribution in [0, 0.1) is 15.9 Å². The van der Waals surface area contributed by atoms with Crippen molar-refractivity contribution in [3.05, 3.63) is 68.4 Å². The van der Waals surface area contributed by atoms with Crippen LogP contribution in [0.15, 0.2) is 46.9 Å². The van der Waals surface area contributed by atoms with Crippen LogP contribution >= 0.6 is 15.9 Å². The Labute approximate surface area is 130 Å². The van der Waals surface area contributed by atoms with E-state index in [-0.39, 0.29) is 17.5 Å². The summed E-state index contributed by atoms with van der Waals surface area (Å²) in [4.78, 5) is 10.6. The molecule has 0 radical (unpaired) electrons. The largest absolute Gasteiger partial charge is 0.377 e. The Hall–Kier alpha value is -1.95. The Bertz CT molecular complexity index is 647. The van der Waals surface area contributed by atoms with Gasteiger partial charge in [0.1, 0.15) is 11.5 Å². The molecule has 0 bridgehead atoms. The van der Waals surface area contributed by atoms with E-state index in [2.05, 4.69) is 21.2 Å². The lowest BCUT2D eigenvalue weighted by atomic mass is 10.1. The third kappa shape index (κ3) is 4.26. The number of rotatable bonds is 5. The van der Waals surface area contributed by atoms with Gasteiger partial charge in [0.15, 0.2) is 0 Å². The van der Waals surface area contributed by atoms with Crippen molar-refractivity contribution in [2.45, 2.75) is 19.4 Å². The molecule has 2 aromatic rings. The van der Waals surface area contributed by atoms with Gasteiger partial charge < -0.3 is 5.32 Å². The van der Waals surface area contributed by atoms with Crippen molar-refractivity contribution in [1.29, 1.82) is 0 Å². The zero-order valence-corrected chi connectivity index (χ0v) is 12.9. The zero-order valence-electron chi connectivity index (χ0n) is 11.3. The van der Waals surface area contributed by atoms with Crippen molar-refractivity contribution in [2.24, 2.45) is 0 Å². The summed E-state index contributed by atoms with van der Waals surface area (Å²) in [5.41, 5.74) is 1.46. The van der Waals surface area contributed by atoms with Crippen molar-refractivity contribution in [2.75, 3.05) is 5.32 Å². The number of hydrogen-bond acceptors (Lipinski definition) is 3. The van der Waals surface area contributed by atoms with E-state index in [0.717, 1.165) is 5.56 Å². The van der Waals surface area contributed by atoms with Crippen LogP contribution in [-0.2, 0) is 6.42 Å². The van der Waals surface area contributed by atoms with Crippen molar-refractivity contribution in [3.63, 3.8) is 0 Å². The topological polar surface area (TPSA) is 55.2 Å². The average Bonchev–Trinajstić information content (AvgIpc) is 2.43. The van der Waals surface area contributed by atoms with Crippen LogP contribution in [-0.4, -0.2) is 11.0 Å². The number of nitrogens with one attached hydrogen (secondary N) is 1. The first-order chi connectivity index (χ1) is 9.95. The summed E-state index contributed by atoms with van der Waals surface area (Å²) in [6.45, 7) is 1.93. The van der Waals surface area contributed by atoms with E-state index in [1.165, 1.54) is 18.2 Å². The molecule has 6 heteroatoms. The summed E-state index contributed by atoms with van der Waals surface area (Å²) in [5, 5.41) is 14.2. The van der Waals surface area contributed by atoms with E-state index in [1.54, 1.807) is 24.3 Å². The fourth-order valence-electron chi connectivity index (χ4n) is 2.07. The third-order valence-corrected chi connectivity index (χ3v) is 3.51. The molecule has 4 nitrogen and oxygen atoms in total. The maximum atomic E-state index is 12.9. The quantitative estimate of drug-likeness (QED) is 0.634. The number of hydrogen-bond donors (Lipinski definition) is 1. The van der Waals surface area contributed by atoms with Crippen LogP contribution in [0.25, 0.3) is 0 Å². The average molecular weight is 353 g/mol. The van der Waals surface area contributed by atoms with Gasteiger partial charge in [0, 0.05) is 16.6 Å². The summed E-state index contributed by atoms with van der Waals surface area (Å²) < 4.78 is 13.5. The number of halogens is 2. The van der Waals surface area contributed by atoms with E-state index < -0.39 is 4.92 Å². The van der Waals surface area contributed by atoms with E-state index >= 15 is 0 Å². The van der Waals surface area contributed by atoms with Crippen LogP contribution in [0.1, 0.15) is 12.5 Å². The fraction of sp³-hybridized carbons (Fsp3) is 0.200. The molecule has 0 aliphatic rings. The molecule has 110 valence electrons. The van der Waals surface area contributed by atoms with E-state index in [4.69, 9.17) is 0 Å². The minimum atomic E-state index is -0.419. The first-order valence-electron chi connectivity index (χ1n) is 6.40. The Balaban J connectivity index is 2.10. The first kappa shape index (κ1) is 15.4. The molecule has 2 aromatic carbocycles. The van der Waals surface area contributed by atoms with Gasteiger partial charge in [0.05, 0.1) is 4.92 Å². The zero-order chi connectivity index (χ0) is 15.4. The lowest BCUT2D eigenvalue weighted by molar-refractivity contribution is -0.384. The van der Waals surface area contributed by atoms with Crippen molar-refractivity contribution in [1.82, 2.24) is 0 Å². The minimum absolute atomic E-state index is 0.0182. The Morgan fingerprint density at radius 3 is 2.57 bits per heavy atom. The number of nitro benzene ring substituents is 1. The van der Waals surface area contributed by atoms with Crippen LogP contribution in [0.5, 0.6) is 0 Å². The van der Waals surface area contributed by atoms with Crippen LogP contribution in [0.2, 0.25) is 0 Å². The molecule has 21 heavy (non-hydrogen) atoms. The highest BCUT2D eigenvalue weighted by molar-refractivity contribution is 9.10. The van der Waals surface area contributed by atoms with Gasteiger partial charge in [-0.05, 0) is 43.2 Å². The molecule has 0 aliphatic carbocycles. The lowest BCUT2D eigenvalue weighted by Gasteiger charge is -2.15. The fourth-order valence-corrected chi connectivity index (χ4v) is 2.42. The van der Waals surface area contributed by atoms with Crippen LogP contribution < -0.4 is 5.32 Å². The van der Waals surface area contributed by atoms with E-state index in [9.17, 15) is 14.5 Å². The van der Waals surface area contributed by atoms with Gasteiger partial charge in [-0.15, -0.1) is 0 Å². The highest BCUT2D eigenvalue weighted by Gasteiger charge is 2.16. The van der Waals surface area contributed by atoms with Gasteiger partial charge in [-0.2, -0.15) is 0 Å². The number of anilines is 1. The third-order valence-electron chi connectivity index (χ3n) is 3.01. The summed E-state index contributed by atoms with van der Waals surface area (Å²) in [7, 11) is 0. The molecule has 1 atom stereocenters. The normalized spacial score (nSPS) is 12.0. The molecule has 0 amide bonds. The van der Waals surface area contributed by atoms with Gasteiger partial charge >= 0.3 is 0 Å². The smallest absolute Gasteiger partial charge is 0.293 e. The summed E-state index contributed by atoms with van der Waals surface area (Å²) in [6.07, 6.45) is 0.646. The Morgan fingerprint density at radius 1 is 1.29 bits per heavy atom. The molecule has 0 saturated heterocycles. The highest BCUT2D eigenvalue weighted by atomic mass is 79.9. The molecule has 0 heterocycles. The second-order valence-electron chi connectivity index (χ2n) is 4.79. The number of nitrogens with zero attached hydrogens (tertiary/aromatic N) is 1. The van der Waals surface area contributed by atoms with E-state index in [0.29, 0.717) is 16.6 Å². The van der Waals surface area contributed by atoms with Crippen molar-refractivity contribution >= 4 is 27.3 Å². The molecule has 0 aliphatic heterocycles. The molecule has 0 saturated carbocycles. The van der Waals surface area contributed by atoms with Gasteiger partial charge in [0.25, 0.3) is 5.69 Å². The maximum absolute atomic E-state index is 12.9. The molecular weight excluding hydrogens is 339 g/mol. The Morgan fingerprint density at radius 2 is 1.95 bits per heavy atom. The monoisotopic (exact) mass is 352 g/mol. The number of nitro groups is 1. The molecule has 0 fully saturated rings. The second-order valence-corrected chi connectivity index (χ2v) is 5.71. The van der Waals surface area contributed by atoms with E-state index in [1.807, 2.05) is 6.92 Å². The SMILES string of the molecule is CC(Cc1ccc(F)cc1)Nc1ccc(Br)cc1[N+](=O)[O-]. The molecule has 1 unspecified atom stereocenters. The molecule has 0 aromatic heterocycles. The van der Waals surface area contributed by atoms with Gasteiger partial charge in [0.2, 0.25) is 0 Å². The van der Waals surface area contributed by atoms with Crippen LogP contribution in [0.4, 0.5) is 15.8 Å². The predicted molar refractivity (Wildman–Crippen MR) is 84.0 cm³/mol. The van der Waals surface area contributed by atoms with Crippen LogP contribution in [0.3, 0.4) is 0 Å². The summed E-state index contributed by atoms with van der Waals surface area (Å²) >= 11 is 3.22. The molecular formula is C15H14BrFN2O2. The molecule has 2 rings (SSSR count). The highest BCUT2D eigenvalue weighted by Crippen LogP contribution is 2.28. The van der Waals surface area contributed by atoms with Gasteiger partial charge in [-0.3, -0.25) is 10.1 Å². The molecule has 0 spiro atoms. The summed E-state index contributed by atoms with van der Waals surface area (Å²) in [6, 6.07) is 11.1. The van der Waals surface area contributed by atoms with Crippen molar-refractivity contribution in [3.8, 4) is 0 Å². The van der Waals surface area contributed by atoms with Crippen molar-refractivity contribution < 1.29 is 9.31 Å². The maximum Gasteiger partial charge on any atom is 0.293 e.